The number of fused-ring (bicyclic) bond motifs is 3. The van der Waals surface area contributed by atoms with Gasteiger partial charge >= 0.3 is 18.0 Å². The minimum Gasteiger partial charge on any atom is -0.491 e. The average Bonchev–Trinajstić information content (AvgIpc) is 3.86. The van der Waals surface area contributed by atoms with Crippen LogP contribution < -0.4 is 19.9 Å². The molecule has 5 heterocycles. The number of nitrogens with one attached hydrogen (secondary N) is 1. The number of aromatic nitrogens is 2. The summed E-state index contributed by atoms with van der Waals surface area (Å²) < 4.78 is 18.1. The normalized spacial score (nSPS) is 23.1. The van der Waals surface area contributed by atoms with E-state index >= 15 is 19.2 Å². The van der Waals surface area contributed by atoms with E-state index in [0.717, 1.165) is 4.90 Å². The third kappa shape index (κ3) is 8.72. The topological polar surface area (TPSA) is 204 Å². The van der Waals surface area contributed by atoms with Crippen LogP contribution in [0.1, 0.15) is 66.3 Å². The number of aliphatic hydroxyl groups excluding tert-OH is 2. The van der Waals surface area contributed by atoms with E-state index in [-0.39, 0.29) is 56.3 Å². The van der Waals surface area contributed by atoms with E-state index in [4.69, 9.17) is 14.2 Å². The number of aliphatic hydroxyl groups is 2. The minimum absolute atomic E-state index is 0.0965. The maximum absolute atomic E-state index is 16.8. The summed E-state index contributed by atoms with van der Waals surface area (Å²) in [5.41, 5.74) is 0.317. The van der Waals surface area contributed by atoms with Crippen LogP contribution in [-0.2, 0) is 34.1 Å². The van der Waals surface area contributed by atoms with E-state index < -0.39 is 77.3 Å². The molecule has 0 saturated carbocycles. The van der Waals surface area contributed by atoms with Gasteiger partial charge in [0.2, 0.25) is 17.8 Å². The van der Waals surface area contributed by atoms with Crippen LogP contribution in [0.2, 0.25) is 0 Å². The van der Waals surface area contributed by atoms with Crippen LogP contribution in [0.25, 0.3) is 0 Å². The number of urea groups is 1. The highest BCUT2D eigenvalue weighted by molar-refractivity contribution is 6.25. The molecule has 366 valence electrons. The molecular formula is C54H55N7O10. The Bertz CT molecular complexity index is 2840. The number of morpholine rings is 1. The molecule has 17 nitrogen and oxygen atoms in total. The Morgan fingerprint density at radius 3 is 2.18 bits per heavy atom. The second-order valence-electron chi connectivity index (χ2n) is 18.1. The Kier molecular flexibility index (Phi) is 14.1. The van der Waals surface area contributed by atoms with Crippen molar-refractivity contribution in [1.82, 2.24) is 25.1 Å². The van der Waals surface area contributed by atoms with Gasteiger partial charge in [-0.25, -0.2) is 24.5 Å². The van der Waals surface area contributed by atoms with Gasteiger partial charge in [-0.05, 0) is 52.9 Å². The number of hydrogen-bond acceptors (Lipinski definition) is 14. The van der Waals surface area contributed by atoms with E-state index in [1.165, 1.54) is 7.11 Å². The van der Waals surface area contributed by atoms with Crippen molar-refractivity contribution in [2.24, 2.45) is 11.8 Å². The quantitative estimate of drug-likeness (QED) is 0.116. The first kappa shape index (κ1) is 48.4. The molecule has 9 rings (SSSR count). The number of piperazine rings is 1. The first-order valence-electron chi connectivity index (χ1n) is 23.7. The maximum atomic E-state index is 16.8. The highest BCUT2D eigenvalue weighted by Crippen LogP contribution is 2.67. The average molecular weight is 962 g/mol. The van der Waals surface area contributed by atoms with Gasteiger partial charge in [-0.2, -0.15) is 0 Å². The molecule has 0 radical (unpaired) electrons. The van der Waals surface area contributed by atoms with Crippen molar-refractivity contribution in [2.45, 2.75) is 56.0 Å². The van der Waals surface area contributed by atoms with Gasteiger partial charge in [0.15, 0.2) is 0 Å². The number of anilines is 2. The van der Waals surface area contributed by atoms with Crippen LogP contribution in [-0.4, -0.2) is 125 Å². The lowest BCUT2D eigenvalue weighted by atomic mass is 9.64. The number of carbonyl (C=O) groups excluding carboxylic acids is 5. The number of nitrogens with zero attached hydrogens (tertiary/aromatic N) is 6. The molecule has 4 aromatic carbocycles. The molecule has 3 fully saturated rings. The van der Waals surface area contributed by atoms with Crippen LogP contribution >= 0.6 is 0 Å². The number of amides is 4. The summed E-state index contributed by atoms with van der Waals surface area (Å²) in [7, 11) is 1.21. The predicted molar refractivity (Wildman–Crippen MR) is 260 cm³/mol. The lowest BCUT2D eigenvalue weighted by Crippen LogP contribution is -2.60. The summed E-state index contributed by atoms with van der Waals surface area (Å²) in [5, 5.41) is 22.6. The molecule has 71 heavy (non-hydrogen) atoms. The second-order valence-corrected chi connectivity index (χ2v) is 18.1. The monoisotopic (exact) mass is 961 g/mol. The second kappa shape index (κ2) is 20.7. The first-order valence-corrected chi connectivity index (χ1v) is 23.7. The fourth-order valence-electron chi connectivity index (χ4n) is 10.8. The van der Waals surface area contributed by atoms with E-state index in [1.807, 2.05) is 70.5 Å². The van der Waals surface area contributed by atoms with Gasteiger partial charge in [-0.1, -0.05) is 105 Å². The van der Waals surface area contributed by atoms with Crippen molar-refractivity contribution in [3.8, 4) is 17.6 Å². The van der Waals surface area contributed by atoms with Gasteiger partial charge in [0.1, 0.15) is 36.0 Å². The van der Waals surface area contributed by atoms with Gasteiger partial charge in [0.05, 0.1) is 44.0 Å². The molecule has 17 heteroatoms. The standard InChI is InChI=1S/C54H55N7O10/c1-34(2)43(49(65)69-3)57-53(68)60-40-23-22-35(15-12-13-30-62)33-39(40)54(51(60)67)42(48(64)58-26-28-59(29-27-58)52-55-24-14-25-56-52)45-50(66)71-46(37-18-8-5-9-19-37)44(36-16-6-4-7-17-36)61(45)47(54)38-20-10-11-21-41(38)70-32-31-63/h4-11,14,16-25,33-34,42-47,62-63H,13,26-32H2,1-3H3,(H,57,68). The molecule has 7 atom stereocenters. The van der Waals surface area contributed by atoms with Crippen molar-refractivity contribution >= 4 is 41.4 Å². The third-order valence-electron chi connectivity index (χ3n) is 13.8. The molecule has 0 bridgehead atoms. The van der Waals surface area contributed by atoms with Gasteiger partial charge in [0.25, 0.3) is 0 Å². The molecule has 3 saturated heterocycles. The summed E-state index contributed by atoms with van der Waals surface area (Å²) in [5.74, 6) is 1.86. The van der Waals surface area contributed by atoms with E-state index in [1.54, 1.807) is 79.7 Å². The van der Waals surface area contributed by atoms with Crippen molar-refractivity contribution < 1.29 is 48.4 Å². The summed E-state index contributed by atoms with van der Waals surface area (Å²) in [4.78, 5) is 92.5. The fraction of sp³-hybridized carbons (Fsp3) is 0.352. The molecule has 1 spiro atoms. The van der Waals surface area contributed by atoms with Gasteiger partial charge in [-0.3, -0.25) is 19.3 Å². The molecule has 4 aliphatic rings. The number of esters is 2. The molecule has 5 aromatic rings. The molecule has 1 aromatic heterocycles. The summed E-state index contributed by atoms with van der Waals surface area (Å²) in [6, 6.07) is 26.5. The number of benzene rings is 4. The Hall–Kier alpha value is -7.65. The van der Waals surface area contributed by atoms with E-state index in [2.05, 4.69) is 27.1 Å². The first-order chi connectivity index (χ1) is 34.5. The number of cyclic esters (lactones) is 1. The highest BCUT2D eigenvalue weighted by Gasteiger charge is 2.76. The Morgan fingerprint density at radius 2 is 1.52 bits per heavy atom. The lowest BCUT2D eigenvalue weighted by molar-refractivity contribution is -0.179. The number of imide groups is 1. The van der Waals surface area contributed by atoms with E-state index in [9.17, 15) is 15.0 Å². The van der Waals surface area contributed by atoms with Crippen LogP contribution in [0.5, 0.6) is 5.75 Å². The van der Waals surface area contributed by atoms with Crippen molar-refractivity contribution in [1.29, 1.82) is 0 Å². The molecule has 3 N–H and O–H groups in total. The molecule has 4 amide bonds. The highest BCUT2D eigenvalue weighted by atomic mass is 16.6. The van der Waals surface area contributed by atoms with Crippen molar-refractivity contribution in [3.63, 3.8) is 0 Å². The van der Waals surface area contributed by atoms with Gasteiger partial charge in [0, 0.05) is 56.1 Å². The van der Waals surface area contributed by atoms with Gasteiger partial charge < -0.3 is 39.5 Å². The molecule has 7 unspecified atom stereocenters. The minimum atomic E-state index is -2.16. The number of methoxy groups -OCH3 is 1. The molecular weight excluding hydrogens is 907 g/mol. The zero-order valence-electron chi connectivity index (χ0n) is 39.6. The summed E-state index contributed by atoms with van der Waals surface area (Å²) in [6.45, 7) is 3.73. The molecule has 4 aliphatic heterocycles. The van der Waals surface area contributed by atoms with Crippen LogP contribution in [0.4, 0.5) is 16.4 Å². The lowest BCUT2D eigenvalue weighted by Gasteiger charge is -2.46. The van der Waals surface area contributed by atoms with E-state index in [0.29, 0.717) is 41.3 Å². The summed E-state index contributed by atoms with van der Waals surface area (Å²) >= 11 is 0. The Morgan fingerprint density at radius 1 is 0.845 bits per heavy atom. The predicted octanol–water partition coefficient (Wildman–Crippen LogP) is 4.50. The fourth-order valence-corrected chi connectivity index (χ4v) is 10.8. The zero-order valence-corrected chi connectivity index (χ0v) is 39.6. The number of ether oxygens (including phenoxy) is 3. The van der Waals surface area contributed by atoms with Crippen LogP contribution in [0.3, 0.4) is 0 Å². The smallest absolute Gasteiger partial charge is 0.329 e. The maximum Gasteiger partial charge on any atom is 0.329 e. The number of carbonyl (C=O) groups is 5. The number of para-hydroxylation sites is 1. The van der Waals surface area contributed by atoms with Gasteiger partial charge in [-0.15, -0.1) is 0 Å². The number of rotatable bonds is 12. The Labute approximate surface area is 411 Å². The summed E-state index contributed by atoms with van der Waals surface area (Å²) in [6.07, 6.45) is 2.44. The zero-order chi connectivity index (χ0) is 49.8. The third-order valence-corrected chi connectivity index (χ3v) is 13.8. The van der Waals surface area contributed by atoms with Crippen molar-refractivity contribution in [3.05, 3.63) is 149 Å². The Balaban J connectivity index is 1.35. The SMILES string of the molecule is COC(=O)C(NC(=O)N1C(=O)C2(c3cc(C#CCCO)ccc31)C(C(=O)N1CCN(c3ncccn3)CC1)C1C(=O)OC(c3ccccc3)C(c3ccccc3)N1C2c1ccccc1OCCO)C(C)C. The molecule has 0 aliphatic carbocycles. The largest absolute Gasteiger partial charge is 0.491 e. The van der Waals surface area contributed by atoms with Crippen LogP contribution in [0.15, 0.2) is 122 Å². The van der Waals surface area contributed by atoms with Crippen LogP contribution in [0, 0.1) is 23.7 Å². The number of hydrogen-bond donors (Lipinski definition) is 3. The van der Waals surface area contributed by atoms with Crippen molar-refractivity contribution in [2.75, 3.05) is 62.9 Å².